The molecule has 1 aromatic rings. The van der Waals surface area contributed by atoms with Crippen molar-refractivity contribution in [3.05, 3.63) is 22.9 Å². The molecule has 0 saturated heterocycles. The van der Waals surface area contributed by atoms with E-state index in [0.29, 0.717) is 5.92 Å². The van der Waals surface area contributed by atoms with Crippen molar-refractivity contribution in [2.75, 3.05) is 0 Å². The first-order valence-corrected chi connectivity index (χ1v) is 4.91. The number of nitrogens with zero attached hydrogens (tertiary/aromatic N) is 2. The largest absolute Gasteiger partial charge is 0.258 e. The molecule has 0 radical (unpaired) electrons. The second kappa shape index (κ2) is 3.08. The lowest BCUT2D eigenvalue weighted by Gasteiger charge is -2.25. The zero-order valence-electron chi connectivity index (χ0n) is 8.78. The molecular weight excluding hydrogens is 174 g/mol. The average molecular weight is 189 g/mol. The van der Waals surface area contributed by atoms with E-state index in [1.807, 2.05) is 6.08 Å². The van der Waals surface area contributed by atoms with Crippen LogP contribution in [0.3, 0.4) is 0 Å². The highest BCUT2D eigenvalue weighted by atomic mass is 15.3. The molecule has 74 valence electrons. The van der Waals surface area contributed by atoms with E-state index in [0.717, 1.165) is 10.7 Å². The average Bonchev–Trinajstić information content (AvgIpc) is 2.46. The van der Waals surface area contributed by atoms with Gasteiger partial charge in [0, 0.05) is 5.41 Å². The molecule has 0 aromatic carbocycles. The molecule has 0 fully saturated rings. The van der Waals surface area contributed by atoms with Crippen LogP contribution in [0, 0.1) is 11.3 Å². The van der Waals surface area contributed by atoms with Crippen LogP contribution >= 0.6 is 0 Å². The van der Waals surface area contributed by atoms with Crippen LogP contribution in [0.2, 0.25) is 0 Å². The third-order valence-corrected chi connectivity index (χ3v) is 3.01. The first-order valence-electron chi connectivity index (χ1n) is 4.91. The second-order valence-corrected chi connectivity index (χ2v) is 4.30. The Balaban J connectivity index is 2.64. The van der Waals surface area contributed by atoms with Crippen LogP contribution in [0.15, 0.2) is 12.2 Å². The SMILES string of the molecule is CC(C)C1(C)C=CC=c2[nH]nnc2=C1. The molecule has 1 N–H and O–H groups in total. The molecule has 1 aliphatic rings. The van der Waals surface area contributed by atoms with Gasteiger partial charge in [-0.2, -0.15) is 0 Å². The van der Waals surface area contributed by atoms with Gasteiger partial charge in [-0.25, -0.2) is 0 Å². The van der Waals surface area contributed by atoms with Gasteiger partial charge in [-0.3, -0.25) is 5.10 Å². The smallest absolute Gasteiger partial charge is 0.109 e. The van der Waals surface area contributed by atoms with Crippen molar-refractivity contribution >= 4 is 12.2 Å². The van der Waals surface area contributed by atoms with Crippen molar-refractivity contribution in [3.8, 4) is 0 Å². The number of fused-ring (bicyclic) bond motifs is 1. The predicted molar refractivity (Wildman–Crippen MR) is 56.6 cm³/mol. The molecule has 1 aromatic heterocycles. The highest BCUT2D eigenvalue weighted by molar-refractivity contribution is 5.45. The van der Waals surface area contributed by atoms with Gasteiger partial charge in [0.05, 0.1) is 5.35 Å². The maximum Gasteiger partial charge on any atom is 0.109 e. The first-order chi connectivity index (χ1) is 6.62. The van der Waals surface area contributed by atoms with Gasteiger partial charge in [-0.1, -0.05) is 38.1 Å². The van der Waals surface area contributed by atoms with Crippen molar-refractivity contribution < 1.29 is 0 Å². The Morgan fingerprint density at radius 2 is 2.21 bits per heavy atom. The molecule has 3 heteroatoms. The highest BCUT2D eigenvalue weighted by Crippen LogP contribution is 2.30. The number of rotatable bonds is 1. The molecule has 0 saturated carbocycles. The van der Waals surface area contributed by atoms with Crippen LogP contribution in [0.5, 0.6) is 0 Å². The van der Waals surface area contributed by atoms with Gasteiger partial charge in [-0.15, -0.1) is 5.10 Å². The van der Waals surface area contributed by atoms with Crippen LogP contribution < -0.4 is 10.7 Å². The van der Waals surface area contributed by atoms with E-state index in [4.69, 9.17) is 0 Å². The van der Waals surface area contributed by atoms with Crippen molar-refractivity contribution in [3.63, 3.8) is 0 Å². The zero-order valence-corrected chi connectivity index (χ0v) is 8.78. The number of nitrogens with one attached hydrogen (secondary N) is 1. The lowest BCUT2D eigenvalue weighted by molar-refractivity contribution is 0.409. The summed E-state index contributed by atoms with van der Waals surface area (Å²) < 4.78 is 0. The van der Waals surface area contributed by atoms with Crippen molar-refractivity contribution in [2.24, 2.45) is 11.3 Å². The fourth-order valence-electron chi connectivity index (χ4n) is 1.53. The fourth-order valence-corrected chi connectivity index (χ4v) is 1.53. The van der Waals surface area contributed by atoms with Crippen LogP contribution in [-0.4, -0.2) is 15.4 Å². The summed E-state index contributed by atoms with van der Waals surface area (Å²) >= 11 is 0. The van der Waals surface area contributed by atoms with Gasteiger partial charge in [-0.05, 0) is 18.1 Å². The Bertz CT molecular complexity index is 467. The first kappa shape index (κ1) is 9.19. The van der Waals surface area contributed by atoms with Crippen LogP contribution in [-0.2, 0) is 0 Å². The molecule has 0 amide bonds. The van der Waals surface area contributed by atoms with Crippen molar-refractivity contribution in [1.82, 2.24) is 15.4 Å². The minimum absolute atomic E-state index is 0.0681. The molecule has 14 heavy (non-hydrogen) atoms. The summed E-state index contributed by atoms with van der Waals surface area (Å²) in [6, 6.07) is 0. The third kappa shape index (κ3) is 1.39. The quantitative estimate of drug-likeness (QED) is 0.703. The van der Waals surface area contributed by atoms with Gasteiger partial charge < -0.3 is 0 Å². The molecule has 3 nitrogen and oxygen atoms in total. The molecule has 1 aliphatic carbocycles. The van der Waals surface area contributed by atoms with Crippen LogP contribution in [0.1, 0.15) is 20.8 Å². The summed E-state index contributed by atoms with van der Waals surface area (Å²) in [6.07, 6.45) is 8.48. The normalized spacial score (nSPS) is 25.1. The van der Waals surface area contributed by atoms with E-state index in [1.54, 1.807) is 0 Å². The minimum Gasteiger partial charge on any atom is -0.258 e. The Hall–Kier alpha value is -1.38. The maximum atomic E-state index is 4.06. The van der Waals surface area contributed by atoms with E-state index in [2.05, 4.69) is 54.4 Å². The summed E-state index contributed by atoms with van der Waals surface area (Å²) in [6.45, 7) is 6.64. The lowest BCUT2D eigenvalue weighted by atomic mass is 9.79. The summed E-state index contributed by atoms with van der Waals surface area (Å²) in [4.78, 5) is 0. The van der Waals surface area contributed by atoms with E-state index < -0.39 is 0 Å². The van der Waals surface area contributed by atoms with Crippen molar-refractivity contribution in [2.45, 2.75) is 20.8 Å². The fraction of sp³-hybridized carbons (Fsp3) is 0.455. The summed E-state index contributed by atoms with van der Waals surface area (Å²) in [5.41, 5.74) is 0.0681. The van der Waals surface area contributed by atoms with Crippen LogP contribution in [0.25, 0.3) is 12.2 Å². The zero-order chi connectivity index (χ0) is 10.2. The summed E-state index contributed by atoms with van der Waals surface area (Å²) in [5.74, 6) is 0.551. The van der Waals surface area contributed by atoms with E-state index in [-0.39, 0.29) is 5.41 Å². The highest BCUT2D eigenvalue weighted by Gasteiger charge is 2.23. The van der Waals surface area contributed by atoms with E-state index in [1.165, 1.54) is 0 Å². The summed E-state index contributed by atoms with van der Waals surface area (Å²) in [5, 5.41) is 12.7. The van der Waals surface area contributed by atoms with Crippen molar-refractivity contribution in [1.29, 1.82) is 0 Å². The number of hydrogen-bond acceptors (Lipinski definition) is 2. The number of aromatic nitrogens is 3. The molecule has 0 aliphatic heterocycles. The van der Waals surface area contributed by atoms with Crippen LogP contribution in [0.4, 0.5) is 0 Å². The standard InChI is InChI=1S/C11H15N3/c1-8(2)11(3)6-4-5-9-10(7-11)13-14-12-9/h4-8H,1-3H3,(H,12,13). The molecule has 1 unspecified atom stereocenters. The van der Waals surface area contributed by atoms with E-state index in [9.17, 15) is 0 Å². The van der Waals surface area contributed by atoms with Gasteiger partial charge >= 0.3 is 0 Å². The maximum absolute atomic E-state index is 4.06. The van der Waals surface area contributed by atoms with E-state index >= 15 is 0 Å². The molecule has 1 atom stereocenters. The van der Waals surface area contributed by atoms with Gasteiger partial charge in [0.25, 0.3) is 0 Å². The minimum atomic E-state index is 0.0681. The summed E-state index contributed by atoms with van der Waals surface area (Å²) in [7, 11) is 0. The molecule has 1 heterocycles. The van der Waals surface area contributed by atoms with Gasteiger partial charge in [0.15, 0.2) is 0 Å². The number of aromatic amines is 1. The predicted octanol–water partition coefficient (Wildman–Crippen LogP) is 0.598. The number of hydrogen-bond donors (Lipinski definition) is 1. The second-order valence-electron chi connectivity index (χ2n) is 4.30. The van der Waals surface area contributed by atoms with Gasteiger partial charge in [0.2, 0.25) is 0 Å². The Morgan fingerprint density at radius 3 is 2.93 bits per heavy atom. The Morgan fingerprint density at radius 1 is 1.43 bits per heavy atom. The molecule has 0 bridgehead atoms. The Labute approximate surface area is 83.2 Å². The Kier molecular flexibility index (Phi) is 2.02. The molecular formula is C11H15N3. The number of allylic oxidation sites excluding steroid dienone is 2. The monoisotopic (exact) mass is 189 g/mol. The topological polar surface area (TPSA) is 41.6 Å². The molecule has 0 spiro atoms. The number of H-pyrrole nitrogens is 1. The lowest BCUT2D eigenvalue weighted by Crippen LogP contribution is -2.28. The third-order valence-electron chi connectivity index (χ3n) is 3.01. The van der Waals surface area contributed by atoms with Gasteiger partial charge in [0.1, 0.15) is 5.35 Å². The molecule has 2 rings (SSSR count).